The molecule has 1 aliphatic heterocycles. The zero-order chi connectivity index (χ0) is 25.0. The smallest absolute Gasteiger partial charge is 0.312 e. The molecular weight excluding hydrogens is 492 g/mol. The Morgan fingerprint density at radius 1 is 1.17 bits per heavy atom. The minimum absolute atomic E-state index is 0.142. The normalized spacial score (nSPS) is 33.3. The number of carbonyl (C=O) groups excluding carboxylic acids is 2. The van der Waals surface area contributed by atoms with Crippen LogP contribution in [0.2, 0.25) is 0 Å². The molecule has 0 aromatic heterocycles. The van der Waals surface area contributed by atoms with Crippen molar-refractivity contribution in [2.45, 2.75) is 68.2 Å². The molecule has 1 amide bonds. The highest BCUT2D eigenvalue weighted by Crippen LogP contribution is 2.64. The summed E-state index contributed by atoms with van der Waals surface area (Å²) in [4.78, 5) is 26.0. The van der Waals surface area contributed by atoms with Crippen molar-refractivity contribution in [3.05, 3.63) is 23.8 Å². The first kappa shape index (κ1) is 25.0. The van der Waals surface area contributed by atoms with Crippen molar-refractivity contribution in [2.75, 3.05) is 31.6 Å². The molecule has 0 spiro atoms. The number of esters is 1. The number of ether oxygens (including phenoxy) is 2. The van der Waals surface area contributed by atoms with Gasteiger partial charge in [0.15, 0.2) is 6.10 Å². The van der Waals surface area contributed by atoms with Gasteiger partial charge < -0.3 is 14.8 Å². The number of halogens is 1. The number of hydrogen-bond acceptors (Lipinski definition) is 6. The van der Waals surface area contributed by atoms with Crippen LogP contribution in [0.15, 0.2) is 23.1 Å². The van der Waals surface area contributed by atoms with Gasteiger partial charge in [-0.05, 0) is 81.9 Å². The summed E-state index contributed by atoms with van der Waals surface area (Å²) in [6, 6.07) is 4.77. The van der Waals surface area contributed by atoms with Crippen LogP contribution in [0.1, 0.15) is 51.0 Å². The van der Waals surface area contributed by atoms with E-state index >= 15 is 0 Å². The van der Waals surface area contributed by atoms with Gasteiger partial charge in [0.05, 0.1) is 23.5 Å². The van der Waals surface area contributed by atoms with Gasteiger partial charge in [-0.2, -0.15) is 4.31 Å². The molecule has 1 aromatic carbocycles. The average molecular weight is 525 g/mol. The summed E-state index contributed by atoms with van der Waals surface area (Å²) in [7, 11) is -3.72. The fraction of sp³-hybridized carbons (Fsp3) is 0.680. The van der Waals surface area contributed by atoms with Gasteiger partial charge in [0.2, 0.25) is 10.0 Å². The van der Waals surface area contributed by atoms with Gasteiger partial charge in [-0.3, -0.25) is 9.59 Å². The van der Waals surface area contributed by atoms with Crippen molar-refractivity contribution in [2.24, 2.45) is 17.3 Å². The standard InChI is InChI=1S/C25H33ClN2O6S/c1-16-3-4-20(10-21(16)35(31,32)28-5-7-33-8-6-28)27-22(29)17(2)34-23(30)24-11-18-9-19(12-24)14-25(26,13-18)15-24/h3-4,10,17-19H,5-9,11-15H2,1-2H3,(H,27,29). The first-order chi connectivity index (χ1) is 16.5. The number of benzene rings is 1. The summed E-state index contributed by atoms with van der Waals surface area (Å²) in [5.74, 6) is 0.0654. The molecule has 1 aromatic rings. The molecule has 6 rings (SSSR count). The van der Waals surface area contributed by atoms with Crippen molar-refractivity contribution in [1.82, 2.24) is 4.31 Å². The molecular formula is C25H33ClN2O6S. The Morgan fingerprint density at radius 3 is 2.46 bits per heavy atom. The quantitative estimate of drug-likeness (QED) is 0.451. The first-order valence-electron chi connectivity index (χ1n) is 12.4. The van der Waals surface area contributed by atoms with Crippen molar-refractivity contribution in [3.8, 4) is 0 Å². The lowest BCUT2D eigenvalue weighted by Crippen LogP contribution is -2.57. The molecule has 4 bridgehead atoms. The van der Waals surface area contributed by atoms with Crippen LogP contribution in [0.25, 0.3) is 0 Å². The Labute approximate surface area is 211 Å². The highest BCUT2D eigenvalue weighted by atomic mass is 35.5. The molecule has 0 radical (unpaired) electrons. The monoisotopic (exact) mass is 524 g/mol. The number of aryl methyl sites for hydroxylation is 1. The van der Waals surface area contributed by atoms with E-state index in [1.165, 1.54) is 10.4 Å². The lowest BCUT2D eigenvalue weighted by molar-refractivity contribution is -0.176. The summed E-state index contributed by atoms with van der Waals surface area (Å²) < 4.78 is 38.6. The fourth-order valence-electron chi connectivity index (χ4n) is 6.85. The Balaban J connectivity index is 1.26. The SMILES string of the molecule is Cc1ccc(NC(=O)C(C)OC(=O)C23CC4CC(CC(Cl)(C4)C2)C3)cc1S(=O)(=O)N1CCOCC1. The van der Waals surface area contributed by atoms with Crippen LogP contribution in [0, 0.1) is 24.2 Å². The zero-order valence-corrected chi connectivity index (χ0v) is 21.8. The van der Waals surface area contributed by atoms with E-state index in [0.717, 1.165) is 32.1 Å². The molecule has 3 unspecified atom stereocenters. The third kappa shape index (κ3) is 4.72. The number of alkyl halides is 1. The van der Waals surface area contributed by atoms with E-state index in [0.29, 0.717) is 55.8 Å². The highest BCUT2D eigenvalue weighted by Gasteiger charge is 2.61. The number of hydrogen-bond donors (Lipinski definition) is 1. The van der Waals surface area contributed by atoms with Crippen LogP contribution in [-0.4, -0.2) is 61.9 Å². The fourth-order valence-corrected chi connectivity index (χ4v) is 9.21. The van der Waals surface area contributed by atoms with Crippen molar-refractivity contribution >= 4 is 39.2 Å². The third-order valence-electron chi connectivity index (χ3n) is 8.12. The van der Waals surface area contributed by atoms with E-state index < -0.39 is 27.4 Å². The van der Waals surface area contributed by atoms with Crippen LogP contribution < -0.4 is 5.32 Å². The minimum atomic E-state index is -3.72. The molecule has 8 nitrogen and oxygen atoms in total. The van der Waals surface area contributed by atoms with Crippen LogP contribution >= 0.6 is 11.6 Å². The van der Waals surface area contributed by atoms with Gasteiger partial charge in [0, 0.05) is 23.7 Å². The molecule has 1 N–H and O–H groups in total. The zero-order valence-electron chi connectivity index (χ0n) is 20.2. The number of morpholine rings is 1. The first-order valence-corrected chi connectivity index (χ1v) is 14.2. The number of sulfonamides is 1. The number of nitrogens with zero attached hydrogens (tertiary/aromatic N) is 1. The van der Waals surface area contributed by atoms with E-state index in [1.54, 1.807) is 26.0 Å². The largest absolute Gasteiger partial charge is 0.452 e. The second-order valence-corrected chi connectivity index (χ2v) is 13.6. The van der Waals surface area contributed by atoms with Crippen LogP contribution in [0.4, 0.5) is 5.69 Å². The molecule has 4 aliphatic carbocycles. The summed E-state index contributed by atoms with van der Waals surface area (Å²) in [6.45, 7) is 4.55. The van der Waals surface area contributed by atoms with Crippen molar-refractivity contribution in [1.29, 1.82) is 0 Å². The minimum Gasteiger partial charge on any atom is -0.452 e. The average Bonchev–Trinajstić information content (AvgIpc) is 2.79. The summed E-state index contributed by atoms with van der Waals surface area (Å²) >= 11 is 6.84. The maximum absolute atomic E-state index is 13.3. The molecule has 192 valence electrons. The van der Waals surface area contributed by atoms with Crippen molar-refractivity contribution < 1.29 is 27.5 Å². The van der Waals surface area contributed by atoms with E-state index in [-0.39, 0.29) is 15.7 Å². The number of nitrogens with one attached hydrogen (secondary N) is 1. The maximum atomic E-state index is 13.3. The summed E-state index contributed by atoms with van der Waals surface area (Å²) in [5, 5.41) is 2.72. The number of carbonyl (C=O) groups is 2. The van der Waals surface area contributed by atoms with Crippen LogP contribution in [-0.2, 0) is 29.1 Å². The van der Waals surface area contributed by atoms with Gasteiger partial charge in [0.25, 0.3) is 5.91 Å². The van der Waals surface area contributed by atoms with Gasteiger partial charge in [-0.1, -0.05) is 6.07 Å². The molecule has 3 atom stereocenters. The van der Waals surface area contributed by atoms with Gasteiger partial charge in [-0.15, -0.1) is 11.6 Å². The maximum Gasteiger partial charge on any atom is 0.312 e. The van der Waals surface area contributed by atoms with E-state index in [4.69, 9.17) is 21.1 Å². The number of amides is 1. The molecule has 5 aliphatic rings. The van der Waals surface area contributed by atoms with Gasteiger partial charge >= 0.3 is 5.97 Å². The molecule has 10 heteroatoms. The predicted octanol–water partition coefficient (Wildman–Crippen LogP) is 3.46. The highest BCUT2D eigenvalue weighted by molar-refractivity contribution is 7.89. The van der Waals surface area contributed by atoms with Crippen LogP contribution in [0.5, 0.6) is 0 Å². The van der Waals surface area contributed by atoms with Crippen LogP contribution in [0.3, 0.4) is 0 Å². The Kier molecular flexibility index (Phi) is 6.43. The van der Waals surface area contributed by atoms with Crippen molar-refractivity contribution in [3.63, 3.8) is 0 Å². The molecule has 5 fully saturated rings. The summed E-state index contributed by atoms with van der Waals surface area (Å²) in [5.41, 5.74) is 0.333. The second kappa shape index (κ2) is 9.01. The van der Waals surface area contributed by atoms with Gasteiger partial charge in [0.1, 0.15) is 0 Å². The third-order valence-corrected chi connectivity index (χ3v) is 10.6. The Hall–Kier alpha value is -1.68. The van der Waals surface area contributed by atoms with E-state index in [1.807, 2.05) is 0 Å². The summed E-state index contributed by atoms with van der Waals surface area (Å²) in [6.07, 6.45) is 4.21. The van der Waals surface area contributed by atoms with E-state index in [2.05, 4.69) is 5.32 Å². The predicted molar refractivity (Wildman–Crippen MR) is 131 cm³/mol. The lowest BCUT2D eigenvalue weighted by atomic mass is 9.49. The Bertz CT molecular complexity index is 1120. The molecule has 1 saturated heterocycles. The lowest BCUT2D eigenvalue weighted by Gasteiger charge is -2.58. The molecule has 35 heavy (non-hydrogen) atoms. The molecule has 4 saturated carbocycles. The van der Waals surface area contributed by atoms with Gasteiger partial charge in [-0.25, -0.2) is 8.42 Å². The number of rotatable bonds is 6. The topological polar surface area (TPSA) is 102 Å². The number of anilines is 1. The Morgan fingerprint density at radius 2 is 1.83 bits per heavy atom. The molecule has 1 heterocycles. The second-order valence-electron chi connectivity index (χ2n) is 10.9. The van der Waals surface area contributed by atoms with E-state index in [9.17, 15) is 18.0 Å².